The van der Waals surface area contributed by atoms with Crippen molar-refractivity contribution < 1.29 is 9.53 Å². The summed E-state index contributed by atoms with van der Waals surface area (Å²) in [7, 11) is 0. The molecule has 3 rings (SSSR count). The van der Waals surface area contributed by atoms with E-state index >= 15 is 0 Å². The molecule has 0 atom stereocenters. The predicted molar refractivity (Wildman–Crippen MR) is 87.5 cm³/mol. The molecule has 0 unspecified atom stereocenters. The van der Waals surface area contributed by atoms with Gasteiger partial charge in [-0.25, -0.2) is 9.97 Å². The van der Waals surface area contributed by atoms with Gasteiger partial charge in [0.05, 0.1) is 0 Å². The number of anilines is 1. The molecule has 1 fully saturated rings. The summed E-state index contributed by atoms with van der Waals surface area (Å²) in [5, 5.41) is 3.57. The van der Waals surface area contributed by atoms with Crippen molar-refractivity contribution in [2.45, 2.75) is 13.0 Å². The van der Waals surface area contributed by atoms with Crippen LogP contribution >= 0.6 is 11.6 Å². The molecule has 1 aromatic heterocycles. The lowest BCUT2D eigenvalue weighted by atomic mass is 10.2. The first-order valence-corrected chi connectivity index (χ1v) is 7.79. The Bertz CT molecular complexity index is 674. The van der Waals surface area contributed by atoms with Crippen LogP contribution in [0, 0.1) is 0 Å². The van der Waals surface area contributed by atoms with E-state index in [2.05, 4.69) is 15.3 Å². The van der Waals surface area contributed by atoms with Crippen LogP contribution in [0.3, 0.4) is 0 Å². The van der Waals surface area contributed by atoms with E-state index in [4.69, 9.17) is 16.3 Å². The lowest BCUT2D eigenvalue weighted by Gasteiger charge is -2.30. The number of benzene rings is 1. The standard InChI is InChI=1S/C16H17ClN4O2/c17-14-8-15(20-11-19-14)18-9-12-2-4-13(5-3-12)23-10-16(22)21-6-1-7-21/h2-5,8,11H,1,6-7,9-10H2,(H,18,19,20). The molecule has 7 heteroatoms. The van der Waals surface area contributed by atoms with Crippen LogP contribution in [0.25, 0.3) is 0 Å². The number of ether oxygens (including phenoxy) is 1. The van der Waals surface area contributed by atoms with E-state index in [0.717, 1.165) is 25.1 Å². The van der Waals surface area contributed by atoms with Crippen molar-refractivity contribution in [2.24, 2.45) is 0 Å². The second-order valence-electron chi connectivity index (χ2n) is 5.25. The number of aromatic nitrogens is 2. The van der Waals surface area contributed by atoms with Crippen LogP contribution in [-0.4, -0.2) is 40.5 Å². The molecule has 1 aromatic carbocycles. The van der Waals surface area contributed by atoms with E-state index in [-0.39, 0.29) is 12.5 Å². The first-order chi connectivity index (χ1) is 11.2. The zero-order valence-electron chi connectivity index (χ0n) is 12.5. The summed E-state index contributed by atoms with van der Waals surface area (Å²) < 4.78 is 5.51. The third-order valence-electron chi connectivity index (χ3n) is 3.60. The largest absolute Gasteiger partial charge is 0.484 e. The van der Waals surface area contributed by atoms with Gasteiger partial charge in [0, 0.05) is 25.7 Å². The fourth-order valence-electron chi connectivity index (χ4n) is 2.13. The van der Waals surface area contributed by atoms with Crippen molar-refractivity contribution in [3.05, 3.63) is 47.4 Å². The summed E-state index contributed by atoms with van der Waals surface area (Å²) in [5.41, 5.74) is 1.07. The monoisotopic (exact) mass is 332 g/mol. The number of rotatable bonds is 6. The lowest BCUT2D eigenvalue weighted by Crippen LogP contribution is -2.44. The molecule has 0 spiro atoms. The fraction of sp³-hybridized carbons (Fsp3) is 0.312. The van der Waals surface area contributed by atoms with Crippen molar-refractivity contribution >= 4 is 23.3 Å². The molecule has 1 N–H and O–H groups in total. The molecular weight excluding hydrogens is 316 g/mol. The average molecular weight is 333 g/mol. The first kappa shape index (κ1) is 15.6. The summed E-state index contributed by atoms with van der Waals surface area (Å²) in [6.07, 6.45) is 2.50. The molecule has 1 aliphatic heterocycles. The van der Waals surface area contributed by atoms with E-state index in [1.165, 1.54) is 6.33 Å². The van der Waals surface area contributed by atoms with Crippen LogP contribution < -0.4 is 10.1 Å². The number of nitrogens with zero attached hydrogens (tertiary/aromatic N) is 3. The van der Waals surface area contributed by atoms with Gasteiger partial charge in [-0.1, -0.05) is 23.7 Å². The molecule has 0 bridgehead atoms. The van der Waals surface area contributed by atoms with E-state index in [0.29, 0.717) is 23.3 Å². The van der Waals surface area contributed by atoms with Gasteiger partial charge in [0.2, 0.25) is 0 Å². The topological polar surface area (TPSA) is 67.3 Å². The zero-order valence-corrected chi connectivity index (χ0v) is 13.3. The van der Waals surface area contributed by atoms with Gasteiger partial charge >= 0.3 is 0 Å². The van der Waals surface area contributed by atoms with Gasteiger partial charge in [-0.2, -0.15) is 0 Å². The van der Waals surface area contributed by atoms with Gasteiger partial charge in [-0.15, -0.1) is 0 Å². The van der Waals surface area contributed by atoms with Crippen LogP contribution in [0.1, 0.15) is 12.0 Å². The van der Waals surface area contributed by atoms with E-state index < -0.39 is 0 Å². The summed E-state index contributed by atoms with van der Waals surface area (Å²) >= 11 is 5.81. The molecule has 120 valence electrons. The molecule has 23 heavy (non-hydrogen) atoms. The average Bonchev–Trinajstić information content (AvgIpc) is 2.50. The Hall–Kier alpha value is -2.34. The van der Waals surface area contributed by atoms with Crippen molar-refractivity contribution in [3.8, 4) is 5.75 Å². The Morgan fingerprint density at radius 2 is 2.04 bits per heavy atom. The maximum absolute atomic E-state index is 11.7. The molecular formula is C16H17ClN4O2. The minimum atomic E-state index is 0.0441. The third kappa shape index (κ3) is 4.32. The SMILES string of the molecule is O=C(COc1ccc(CNc2cc(Cl)ncn2)cc1)N1CCC1. The number of carbonyl (C=O) groups excluding carboxylic acids is 1. The summed E-state index contributed by atoms with van der Waals surface area (Å²) in [6.45, 7) is 2.40. The van der Waals surface area contributed by atoms with Crippen LogP contribution in [0.2, 0.25) is 5.15 Å². The smallest absolute Gasteiger partial charge is 0.260 e. The number of amides is 1. The van der Waals surface area contributed by atoms with Crippen molar-refractivity contribution in [3.63, 3.8) is 0 Å². The second-order valence-corrected chi connectivity index (χ2v) is 5.63. The summed E-state index contributed by atoms with van der Waals surface area (Å²) in [6, 6.07) is 9.26. The highest BCUT2D eigenvalue weighted by atomic mass is 35.5. The third-order valence-corrected chi connectivity index (χ3v) is 3.81. The van der Waals surface area contributed by atoms with E-state index in [9.17, 15) is 4.79 Å². The van der Waals surface area contributed by atoms with Gasteiger partial charge in [0.25, 0.3) is 5.91 Å². The maximum atomic E-state index is 11.7. The molecule has 0 saturated carbocycles. The Morgan fingerprint density at radius 3 is 2.70 bits per heavy atom. The number of hydrogen-bond donors (Lipinski definition) is 1. The Balaban J connectivity index is 1.47. The number of hydrogen-bond acceptors (Lipinski definition) is 5. The molecule has 1 aliphatic rings. The fourth-order valence-corrected chi connectivity index (χ4v) is 2.28. The molecule has 2 heterocycles. The molecule has 0 radical (unpaired) electrons. The molecule has 6 nitrogen and oxygen atoms in total. The summed E-state index contributed by atoms with van der Waals surface area (Å²) in [4.78, 5) is 21.4. The molecule has 0 aliphatic carbocycles. The predicted octanol–water partition coefficient (Wildman–Crippen LogP) is 2.35. The quantitative estimate of drug-likeness (QED) is 0.822. The Kier molecular flexibility index (Phi) is 4.92. The highest BCUT2D eigenvalue weighted by Crippen LogP contribution is 2.15. The number of carbonyl (C=O) groups is 1. The van der Waals surface area contributed by atoms with Crippen LogP contribution in [-0.2, 0) is 11.3 Å². The van der Waals surface area contributed by atoms with Crippen LogP contribution in [0.4, 0.5) is 5.82 Å². The van der Waals surface area contributed by atoms with Crippen LogP contribution in [0.15, 0.2) is 36.7 Å². The van der Waals surface area contributed by atoms with E-state index in [1.807, 2.05) is 24.3 Å². The molecule has 1 saturated heterocycles. The highest BCUT2D eigenvalue weighted by Gasteiger charge is 2.20. The van der Waals surface area contributed by atoms with Gasteiger partial charge in [0.15, 0.2) is 6.61 Å². The van der Waals surface area contributed by atoms with Crippen molar-refractivity contribution in [2.75, 3.05) is 25.0 Å². The molecule has 1 amide bonds. The van der Waals surface area contributed by atoms with Crippen molar-refractivity contribution in [1.29, 1.82) is 0 Å². The highest BCUT2D eigenvalue weighted by molar-refractivity contribution is 6.29. The minimum absolute atomic E-state index is 0.0441. The number of nitrogens with one attached hydrogen (secondary N) is 1. The second kappa shape index (κ2) is 7.28. The van der Waals surface area contributed by atoms with Gasteiger partial charge in [0.1, 0.15) is 23.0 Å². The Morgan fingerprint density at radius 1 is 1.26 bits per heavy atom. The van der Waals surface area contributed by atoms with Crippen molar-refractivity contribution in [1.82, 2.24) is 14.9 Å². The number of halogens is 1. The number of likely N-dealkylation sites (tertiary alicyclic amines) is 1. The molecule has 2 aromatic rings. The zero-order chi connectivity index (χ0) is 16.1. The normalized spacial score (nSPS) is 13.3. The van der Waals surface area contributed by atoms with E-state index in [1.54, 1.807) is 11.0 Å². The minimum Gasteiger partial charge on any atom is -0.484 e. The Labute approximate surface area is 139 Å². The van der Waals surface area contributed by atoms with Gasteiger partial charge in [-0.3, -0.25) is 4.79 Å². The van der Waals surface area contributed by atoms with Gasteiger partial charge in [-0.05, 0) is 24.1 Å². The van der Waals surface area contributed by atoms with Crippen LogP contribution in [0.5, 0.6) is 5.75 Å². The maximum Gasteiger partial charge on any atom is 0.260 e. The van der Waals surface area contributed by atoms with Gasteiger partial charge < -0.3 is 15.0 Å². The first-order valence-electron chi connectivity index (χ1n) is 7.41. The summed E-state index contributed by atoms with van der Waals surface area (Å²) in [5.74, 6) is 1.40. The lowest BCUT2D eigenvalue weighted by molar-refractivity contribution is -0.136.